The first-order chi connectivity index (χ1) is 11.4. The van der Waals surface area contributed by atoms with Crippen molar-refractivity contribution in [1.82, 2.24) is 9.55 Å². The number of aliphatic hydroxyl groups excluding tert-OH is 1. The summed E-state index contributed by atoms with van der Waals surface area (Å²) >= 11 is 0. The molecule has 5 nitrogen and oxygen atoms in total. The van der Waals surface area contributed by atoms with Crippen LogP contribution < -0.4 is 11.3 Å². The third-order valence-electron chi connectivity index (χ3n) is 3.78. The Morgan fingerprint density at radius 1 is 1.17 bits per heavy atom. The average molecular weight is 331 g/mol. The van der Waals surface area contributed by atoms with Gasteiger partial charge < -0.3 is 10.8 Å². The molecule has 3 aromatic rings. The highest BCUT2D eigenvalue weighted by Crippen LogP contribution is 2.25. The van der Waals surface area contributed by atoms with Gasteiger partial charge in [0.1, 0.15) is 11.3 Å². The number of nitrogen functional groups attached to an aromatic ring is 1. The number of rotatable bonds is 3. The Morgan fingerprint density at radius 3 is 2.42 bits per heavy atom. The molecule has 1 unspecified atom stereocenters. The van der Waals surface area contributed by atoms with E-state index < -0.39 is 23.8 Å². The summed E-state index contributed by atoms with van der Waals surface area (Å²) in [5, 5.41) is 9.98. The van der Waals surface area contributed by atoms with Crippen LogP contribution in [-0.4, -0.2) is 14.7 Å². The molecule has 0 aliphatic heterocycles. The summed E-state index contributed by atoms with van der Waals surface area (Å²) in [4.78, 5) is 16.3. The largest absolute Gasteiger partial charge is 0.398 e. The Hall–Kier alpha value is -2.80. The van der Waals surface area contributed by atoms with Crippen molar-refractivity contribution >= 4 is 16.7 Å². The molecule has 24 heavy (non-hydrogen) atoms. The second kappa shape index (κ2) is 6.01. The normalized spacial score (nSPS) is 12.7. The van der Waals surface area contributed by atoms with Crippen LogP contribution in [0, 0.1) is 0 Å². The van der Waals surface area contributed by atoms with Crippen LogP contribution in [0.2, 0.25) is 0 Å². The number of hydrogen-bond donors (Lipinski definition) is 2. The number of halogens is 2. The highest BCUT2D eigenvalue weighted by molar-refractivity contribution is 5.88. The quantitative estimate of drug-likeness (QED) is 0.773. The Morgan fingerprint density at radius 2 is 1.83 bits per heavy atom. The number of alkyl halides is 2. The SMILES string of the molecule is CC(O)c1ccc(-n2c(=O)cc(N)c3ccc(C(F)F)nc32)cc1. The molecule has 0 bridgehead atoms. The van der Waals surface area contributed by atoms with Gasteiger partial charge in [-0.15, -0.1) is 0 Å². The standard InChI is InChI=1S/C17H15F2N3O2/c1-9(23)10-2-4-11(5-3-10)22-15(24)8-13(20)12-6-7-14(16(18)19)21-17(12)22/h2-9,16,23H,20H2,1H3. The van der Waals surface area contributed by atoms with Crippen molar-refractivity contribution in [2.75, 3.05) is 5.73 Å². The lowest BCUT2D eigenvalue weighted by atomic mass is 10.1. The zero-order valence-corrected chi connectivity index (χ0v) is 12.8. The first-order valence-corrected chi connectivity index (χ1v) is 7.27. The van der Waals surface area contributed by atoms with Crippen molar-refractivity contribution in [1.29, 1.82) is 0 Å². The number of aromatic nitrogens is 2. The van der Waals surface area contributed by atoms with Crippen LogP contribution in [-0.2, 0) is 0 Å². The van der Waals surface area contributed by atoms with Crippen LogP contribution in [0.15, 0.2) is 47.3 Å². The molecular formula is C17H15F2N3O2. The maximum Gasteiger partial charge on any atom is 0.280 e. The van der Waals surface area contributed by atoms with E-state index in [1.54, 1.807) is 31.2 Å². The molecular weight excluding hydrogens is 316 g/mol. The fourth-order valence-electron chi connectivity index (χ4n) is 2.51. The van der Waals surface area contributed by atoms with Crippen molar-refractivity contribution in [3.05, 3.63) is 64.1 Å². The minimum Gasteiger partial charge on any atom is -0.398 e. The summed E-state index contributed by atoms with van der Waals surface area (Å²) in [5.74, 6) is 0. The van der Waals surface area contributed by atoms with Crippen molar-refractivity contribution in [3.8, 4) is 5.69 Å². The molecule has 2 heterocycles. The zero-order chi connectivity index (χ0) is 17.4. The number of anilines is 1. The molecule has 3 N–H and O–H groups in total. The maximum absolute atomic E-state index is 13.0. The van der Waals surface area contributed by atoms with Crippen molar-refractivity contribution < 1.29 is 13.9 Å². The third-order valence-corrected chi connectivity index (χ3v) is 3.78. The predicted octanol–water partition coefficient (Wildman–Crippen LogP) is 2.96. The first-order valence-electron chi connectivity index (χ1n) is 7.27. The number of benzene rings is 1. The van der Waals surface area contributed by atoms with Gasteiger partial charge in [0.15, 0.2) is 0 Å². The van der Waals surface area contributed by atoms with Gasteiger partial charge >= 0.3 is 0 Å². The van der Waals surface area contributed by atoms with E-state index in [0.29, 0.717) is 16.6 Å². The van der Waals surface area contributed by atoms with Crippen LogP contribution >= 0.6 is 0 Å². The molecule has 0 radical (unpaired) electrons. The van der Waals surface area contributed by atoms with Crippen LogP contribution in [0.4, 0.5) is 14.5 Å². The van der Waals surface area contributed by atoms with Crippen LogP contribution in [0.5, 0.6) is 0 Å². The van der Waals surface area contributed by atoms with Crippen LogP contribution in [0.25, 0.3) is 16.7 Å². The number of nitrogens with two attached hydrogens (primary N) is 1. The van der Waals surface area contributed by atoms with Gasteiger partial charge in [-0.1, -0.05) is 12.1 Å². The molecule has 2 aromatic heterocycles. The zero-order valence-electron chi connectivity index (χ0n) is 12.8. The van der Waals surface area contributed by atoms with E-state index in [1.807, 2.05) is 0 Å². The fraction of sp³-hybridized carbons (Fsp3) is 0.176. The molecule has 0 amide bonds. The monoisotopic (exact) mass is 331 g/mol. The highest BCUT2D eigenvalue weighted by Gasteiger charge is 2.15. The maximum atomic E-state index is 13.0. The predicted molar refractivity (Wildman–Crippen MR) is 87.3 cm³/mol. The van der Waals surface area contributed by atoms with Gasteiger partial charge in [-0.3, -0.25) is 9.36 Å². The molecule has 3 rings (SSSR count). The fourth-order valence-corrected chi connectivity index (χ4v) is 2.51. The molecule has 1 aromatic carbocycles. The lowest BCUT2D eigenvalue weighted by Crippen LogP contribution is -2.20. The number of hydrogen-bond acceptors (Lipinski definition) is 4. The van der Waals surface area contributed by atoms with Gasteiger partial charge in [-0.05, 0) is 36.8 Å². The molecule has 0 aliphatic rings. The molecule has 0 saturated carbocycles. The average Bonchev–Trinajstić information content (AvgIpc) is 2.54. The molecule has 0 spiro atoms. The van der Waals surface area contributed by atoms with Gasteiger partial charge in [-0.25, -0.2) is 13.8 Å². The van der Waals surface area contributed by atoms with E-state index in [9.17, 15) is 18.7 Å². The molecule has 0 aliphatic carbocycles. The van der Waals surface area contributed by atoms with E-state index in [2.05, 4.69) is 4.98 Å². The second-order valence-electron chi connectivity index (χ2n) is 5.45. The second-order valence-corrected chi connectivity index (χ2v) is 5.45. The Balaban J connectivity index is 2.29. The van der Waals surface area contributed by atoms with Crippen molar-refractivity contribution in [3.63, 3.8) is 0 Å². The number of aliphatic hydroxyl groups is 1. The number of pyridine rings is 2. The molecule has 0 fully saturated rings. The minimum absolute atomic E-state index is 0.0718. The third kappa shape index (κ3) is 2.74. The van der Waals surface area contributed by atoms with E-state index >= 15 is 0 Å². The Bertz CT molecular complexity index is 950. The summed E-state index contributed by atoms with van der Waals surface area (Å²) in [6.07, 6.45) is -3.40. The summed E-state index contributed by atoms with van der Waals surface area (Å²) < 4.78 is 27.2. The van der Waals surface area contributed by atoms with E-state index in [0.717, 1.165) is 0 Å². The minimum atomic E-state index is -2.75. The molecule has 124 valence electrons. The summed E-state index contributed by atoms with van der Waals surface area (Å²) in [5.41, 5.74) is 6.30. The number of fused-ring (bicyclic) bond motifs is 1. The highest BCUT2D eigenvalue weighted by atomic mass is 19.3. The van der Waals surface area contributed by atoms with Gasteiger partial charge in [0.25, 0.3) is 12.0 Å². The van der Waals surface area contributed by atoms with Gasteiger partial charge in [-0.2, -0.15) is 0 Å². The summed E-state index contributed by atoms with van der Waals surface area (Å²) in [6, 6.07) is 10.4. The Kier molecular flexibility index (Phi) is 4.02. The van der Waals surface area contributed by atoms with Gasteiger partial charge in [0.2, 0.25) is 0 Å². The Labute approximate surface area is 136 Å². The van der Waals surface area contributed by atoms with E-state index in [1.165, 1.54) is 22.8 Å². The summed E-state index contributed by atoms with van der Waals surface area (Å²) in [6.45, 7) is 1.62. The lowest BCUT2D eigenvalue weighted by Gasteiger charge is -2.13. The lowest BCUT2D eigenvalue weighted by molar-refractivity contribution is 0.146. The molecule has 7 heteroatoms. The topological polar surface area (TPSA) is 81.1 Å². The van der Waals surface area contributed by atoms with Gasteiger partial charge in [0.05, 0.1) is 11.8 Å². The smallest absolute Gasteiger partial charge is 0.280 e. The summed E-state index contributed by atoms with van der Waals surface area (Å²) in [7, 11) is 0. The first kappa shape index (κ1) is 16.1. The van der Waals surface area contributed by atoms with Crippen LogP contribution in [0.3, 0.4) is 0 Å². The number of nitrogens with zero attached hydrogens (tertiary/aromatic N) is 2. The van der Waals surface area contributed by atoms with Crippen molar-refractivity contribution in [2.24, 2.45) is 0 Å². The molecule has 1 atom stereocenters. The van der Waals surface area contributed by atoms with E-state index in [-0.39, 0.29) is 11.3 Å². The van der Waals surface area contributed by atoms with Crippen molar-refractivity contribution in [2.45, 2.75) is 19.5 Å². The molecule has 0 saturated heterocycles. The van der Waals surface area contributed by atoms with Gasteiger partial charge in [0, 0.05) is 17.1 Å². The van der Waals surface area contributed by atoms with E-state index in [4.69, 9.17) is 5.73 Å². The van der Waals surface area contributed by atoms with Crippen LogP contribution in [0.1, 0.15) is 30.7 Å².